The number of nitrogens with one attached hydrogen (secondary N) is 1. The molecule has 0 spiro atoms. The number of thiophene rings is 1. The molecule has 0 fully saturated rings. The van der Waals surface area contributed by atoms with Crippen LogP contribution in [0.15, 0.2) is 23.7 Å². The molecular weight excluding hydrogens is 310 g/mol. The van der Waals surface area contributed by atoms with Crippen molar-refractivity contribution in [3.63, 3.8) is 0 Å². The fourth-order valence-corrected chi connectivity index (χ4v) is 3.49. The van der Waals surface area contributed by atoms with Crippen LogP contribution in [0, 0.1) is 12.3 Å². The van der Waals surface area contributed by atoms with Crippen molar-refractivity contribution in [1.82, 2.24) is 19.7 Å². The van der Waals surface area contributed by atoms with Crippen molar-refractivity contribution in [2.75, 3.05) is 18.5 Å². The molecule has 0 aliphatic carbocycles. The normalized spacial score (nSPS) is 14.1. The third kappa shape index (κ3) is 3.35. The van der Waals surface area contributed by atoms with E-state index in [9.17, 15) is 5.11 Å². The zero-order valence-electron chi connectivity index (χ0n) is 13.6. The zero-order chi connectivity index (χ0) is 16.4. The van der Waals surface area contributed by atoms with Gasteiger partial charge in [-0.3, -0.25) is 4.68 Å². The van der Waals surface area contributed by atoms with E-state index in [0.29, 0.717) is 12.4 Å². The van der Waals surface area contributed by atoms with Crippen LogP contribution in [0.25, 0.3) is 11.0 Å². The Hall–Kier alpha value is -1.99. The van der Waals surface area contributed by atoms with Gasteiger partial charge in [0.2, 0.25) is 0 Å². The molecule has 1 atom stereocenters. The van der Waals surface area contributed by atoms with Gasteiger partial charge in [0.1, 0.15) is 11.6 Å². The minimum atomic E-state index is -0.252. The minimum Gasteiger partial charge on any atom is -0.396 e. The fraction of sp³-hybridized carbons (Fsp3) is 0.438. The van der Waals surface area contributed by atoms with E-state index in [1.807, 2.05) is 20.0 Å². The molecule has 0 saturated carbocycles. The quantitative estimate of drug-likeness (QED) is 0.725. The van der Waals surface area contributed by atoms with E-state index in [4.69, 9.17) is 0 Å². The summed E-state index contributed by atoms with van der Waals surface area (Å²) in [6.45, 7) is 4.68. The van der Waals surface area contributed by atoms with E-state index in [-0.39, 0.29) is 12.0 Å². The number of rotatable bonds is 6. The van der Waals surface area contributed by atoms with Crippen LogP contribution in [0.3, 0.4) is 0 Å². The van der Waals surface area contributed by atoms with Crippen molar-refractivity contribution < 1.29 is 5.11 Å². The number of aromatic nitrogens is 4. The van der Waals surface area contributed by atoms with Crippen LogP contribution in [0.2, 0.25) is 0 Å². The zero-order valence-corrected chi connectivity index (χ0v) is 14.4. The summed E-state index contributed by atoms with van der Waals surface area (Å²) in [6, 6.07) is 4.14. The fourth-order valence-electron chi connectivity index (χ4n) is 2.57. The number of hydrogen-bond acceptors (Lipinski definition) is 6. The van der Waals surface area contributed by atoms with Crippen molar-refractivity contribution in [1.29, 1.82) is 0 Å². The summed E-state index contributed by atoms with van der Waals surface area (Å²) < 4.78 is 1.74. The van der Waals surface area contributed by atoms with Crippen molar-refractivity contribution in [2.24, 2.45) is 12.5 Å². The first kappa shape index (κ1) is 15.9. The summed E-state index contributed by atoms with van der Waals surface area (Å²) in [7, 11) is 1.87. The molecule has 7 heteroatoms. The van der Waals surface area contributed by atoms with Crippen LogP contribution in [-0.2, 0) is 13.5 Å². The van der Waals surface area contributed by atoms with E-state index in [0.717, 1.165) is 23.3 Å². The van der Waals surface area contributed by atoms with E-state index in [1.54, 1.807) is 22.2 Å². The van der Waals surface area contributed by atoms with Crippen molar-refractivity contribution >= 4 is 28.2 Å². The van der Waals surface area contributed by atoms with Gasteiger partial charge >= 0.3 is 0 Å². The molecule has 1 unspecified atom stereocenters. The Balaban J connectivity index is 1.81. The van der Waals surface area contributed by atoms with Gasteiger partial charge in [-0.1, -0.05) is 13.0 Å². The van der Waals surface area contributed by atoms with Gasteiger partial charge < -0.3 is 10.4 Å². The lowest BCUT2D eigenvalue weighted by atomic mass is 9.87. The van der Waals surface area contributed by atoms with E-state index < -0.39 is 0 Å². The topological polar surface area (TPSA) is 75.9 Å². The Kier molecular flexibility index (Phi) is 4.32. The predicted octanol–water partition coefficient (Wildman–Crippen LogP) is 2.39. The standard InChI is InChI=1S/C16H21N5OS/c1-11-19-14(13-8-18-21(3)15(13)20-11)17-9-16(2,10-22)7-12-5-4-6-23-12/h4-6,8,22H,7,9-10H2,1-3H3,(H,17,19,20). The Bertz CT molecular complexity index is 798. The van der Waals surface area contributed by atoms with Crippen LogP contribution >= 0.6 is 11.3 Å². The molecule has 6 nitrogen and oxygen atoms in total. The number of aliphatic hydroxyl groups is 1. The lowest BCUT2D eigenvalue weighted by Gasteiger charge is -2.27. The molecule has 0 aromatic carbocycles. The summed E-state index contributed by atoms with van der Waals surface area (Å²) in [5.41, 5.74) is 0.557. The first-order valence-electron chi connectivity index (χ1n) is 7.54. The third-order valence-corrected chi connectivity index (χ3v) is 4.83. The molecular formula is C16H21N5OS. The highest BCUT2D eigenvalue weighted by molar-refractivity contribution is 7.09. The molecule has 2 N–H and O–H groups in total. The number of hydrogen-bond donors (Lipinski definition) is 2. The van der Waals surface area contributed by atoms with Crippen molar-refractivity contribution in [3.8, 4) is 0 Å². The molecule has 3 aromatic heterocycles. The summed E-state index contributed by atoms with van der Waals surface area (Å²) >= 11 is 1.72. The van der Waals surface area contributed by atoms with Crippen LogP contribution < -0.4 is 5.32 Å². The second kappa shape index (κ2) is 6.25. The molecule has 23 heavy (non-hydrogen) atoms. The Morgan fingerprint density at radius 2 is 2.22 bits per heavy atom. The van der Waals surface area contributed by atoms with E-state index in [2.05, 4.69) is 38.8 Å². The third-order valence-electron chi connectivity index (χ3n) is 3.95. The summed E-state index contributed by atoms with van der Waals surface area (Å²) in [6.07, 6.45) is 2.60. The number of fused-ring (bicyclic) bond motifs is 1. The number of aliphatic hydroxyl groups excluding tert-OH is 1. The molecule has 0 bridgehead atoms. The van der Waals surface area contributed by atoms with Crippen molar-refractivity contribution in [3.05, 3.63) is 34.4 Å². The van der Waals surface area contributed by atoms with Gasteiger partial charge in [0.05, 0.1) is 18.2 Å². The number of aryl methyl sites for hydroxylation is 2. The van der Waals surface area contributed by atoms with Crippen LogP contribution in [0.1, 0.15) is 17.6 Å². The average molecular weight is 331 g/mol. The van der Waals surface area contributed by atoms with Gasteiger partial charge in [0, 0.05) is 23.9 Å². The first-order valence-corrected chi connectivity index (χ1v) is 8.42. The predicted molar refractivity (Wildman–Crippen MR) is 92.7 cm³/mol. The van der Waals surface area contributed by atoms with E-state index in [1.165, 1.54) is 4.88 Å². The smallest absolute Gasteiger partial charge is 0.163 e. The Morgan fingerprint density at radius 1 is 1.39 bits per heavy atom. The molecule has 0 saturated heterocycles. The van der Waals surface area contributed by atoms with Crippen LogP contribution in [0.4, 0.5) is 5.82 Å². The Morgan fingerprint density at radius 3 is 2.91 bits per heavy atom. The SMILES string of the molecule is Cc1nc(NCC(C)(CO)Cc2cccs2)c2cnn(C)c2n1. The maximum Gasteiger partial charge on any atom is 0.163 e. The van der Waals surface area contributed by atoms with Crippen LogP contribution in [0.5, 0.6) is 0 Å². The Labute approximate surface area is 139 Å². The molecule has 0 radical (unpaired) electrons. The maximum atomic E-state index is 9.85. The van der Waals surface area contributed by atoms with Gasteiger partial charge in [0.25, 0.3) is 0 Å². The van der Waals surface area contributed by atoms with Gasteiger partial charge in [-0.15, -0.1) is 11.3 Å². The second-order valence-electron chi connectivity index (χ2n) is 6.20. The molecule has 0 aliphatic heterocycles. The van der Waals surface area contributed by atoms with Gasteiger partial charge in [-0.05, 0) is 24.8 Å². The molecule has 3 aromatic rings. The minimum absolute atomic E-state index is 0.109. The van der Waals surface area contributed by atoms with Gasteiger partial charge in [-0.25, -0.2) is 9.97 Å². The van der Waals surface area contributed by atoms with E-state index >= 15 is 0 Å². The highest BCUT2D eigenvalue weighted by atomic mass is 32.1. The largest absolute Gasteiger partial charge is 0.396 e. The first-order chi connectivity index (χ1) is 11.0. The lowest BCUT2D eigenvalue weighted by molar-refractivity contribution is 0.154. The van der Waals surface area contributed by atoms with Gasteiger partial charge in [-0.2, -0.15) is 5.10 Å². The monoisotopic (exact) mass is 331 g/mol. The molecule has 122 valence electrons. The average Bonchev–Trinajstić information content (AvgIpc) is 3.16. The molecule has 0 amide bonds. The number of anilines is 1. The lowest BCUT2D eigenvalue weighted by Crippen LogP contribution is -2.32. The van der Waals surface area contributed by atoms with Gasteiger partial charge in [0.15, 0.2) is 5.65 Å². The molecule has 3 heterocycles. The number of nitrogens with zero attached hydrogens (tertiary/aromatic N) is 4. The summed E-state index contributed by atoms with van der Waals surface area (Å²) in [4.78, 5) is 10.2. The van der Waals surface area contributed by atoms with Crippen LogP contribution in [-0.4, -0.2) is 38.0 Å². The second-order valence-corrected chi connectivity index (χ2v) is 7.24. The highest BCUT2D eigenvalue weighted by Crippen LogP contribution is 2.27. The summed E-state index contributed by atoms with van der Waals surface area (Å²) in [5.74, 6) is 1.47. The molecule has 0 aliphatic rings. The highest BCUT2D eigenvalue weighted by Gasteiger charge is 2.25. The molecule has 3 rings (SSSR count). The van der Waals surface area contributed by atoms with Crippen molar-refractivity contribution in [2.45, 2.75) is 20.3 Å². The summed E-state index contributed by atoms with van der Waals surface area (Å²) in [5, 5.41) is 20.4. The maximum absolute atomic E-state index is 9.85.